The number of hydrogen-bond donors (Lipinski definition) is 1. The highest BCUT2D eigenvalue weighted by atomic mass is 19.1. The van der Waals surface area contributed by atoms with E-state index < -0.39 is 17.7 Å². The summed E-state index contributed by atoms with van der Waals surface area (Å²) in [5.41, 5.74) is 5.68. The lowest BCUT2D eigenvalue weighted by Gasteiger charge is -2.27. The Hall–Kier alpha value is -1.04. The maximum Gasteiger partial charge on any atom is 0.130 e. The van der Waals surface area contributed by atoms with Crippen LogP contribution in [0.1, 0.15) is 18.0 Å². The SMILES string of the molecule is COCCCN(C)C(CN)c1c(F)cccc1F. The summed E-state index contributed by atoms with van der Waals surface area (Å²) in [6.07, 6.45) is 0.791. The standard InChI is InChI=1S/C13H20F2N2O/c1-17(7-4-8-18-2)12(9-16)13-10(14)5-3-6-11(13)15/h3,5-6,12H,4,7-9,16H2,1-2H3. The molecule has 0 heterocycles. The largest absolute Gasteiger partial charge is 0.385 e. The smallest absolute Gasteiger partial charge is 0.130 e. The van der Waals surface area contributed by atoms with Gasteiger partial charge in [-0.05, 0) is 25.6 Å². The van der Waals surface area contributed by atoms with Gasteiger partial charge in [0.1, 0.15) is 11.6 Å². The molecular formula is C13H20F2N2O. The van der Waals surface area contributed by atoms with Gasteiger partial charge in [-0.15, -0.1) is 0 Å². The van der Waals surface area contributed by atoms with Crippen LogP contribution in [0.15, 0.2) is 18.2 Å². The van der Waals surface area contributed by atoms with Crippen LogP contribution in [0.3, 0.4) is 0 Å². The molecule has 1 unspecified atom stereocenters. The van der Waals surface area contributed by atoms with E-state index in [1.54, 1.807) is 14.2 Å². The van der Waals surface area contributed by atoms with E-state index in [1.807, 2.05) is 4.90 Å². The molecule has 18 heavy (non-hydrogen) atoms. The number of benzene rings is 1. The average Bonchev–Trinajstić information content (AvgIpc) is 2.34. The third-order valence-electron chi connectivity index (χ3n) is 2.95. The quantitative estimate of drug-likeness (QED) is 0.760. The summed E-state index contributed by atoms with van der Waals surface area (Å²) in [6, 6.07) is 3.41. The van der Waals surface area contributed by atoms with Gasteiger partial charge in [0.05, 0.1) is 6.04 Å². The lowest BCUT2D eigenvalue weighted by molar-refractivity contribution is 0.164. The van der Waals surface area contributed by atoms with E-state index in [9.17, 15) is 8.78 Å². The van der Waals surface area contributed by atoms with Crippen molar-refractivity contribution in [1.82, 2.24) is 4.90 Å². The Balaban J connectivity index is 2.82. The van der Waals surface area contributed by atoms with Crippen LogP contribution in [0.25, 0.3) is 0 Å². The average molecular weight is 258 g/mol. The zero-order valence-electron chi connectivity index (χ0n) is 10.8. The van der Waals surface area contributed by atoms with Gasteiger partial charge >= 0.3 is 0 Å². The Bertz CT molecular complexity index is 354. The summed E-state index contributed by atoms with van der Waals surface area (Å²) in [5, 5.41) is 0. The molecule has 0 saturated carbocycles. The van der Waals surface area contributed by atoms with Crippen molar-refractivity contribution in [2.24, 2.45) is 5.73 Å². The van der Waals surface area contributed by atoms with Gasteiger partial charge in [-0.2, -0.15) is 0 Å². The van der Waals surface area contributed by atoms with E-state index in [0.29, 0.717) is 13.2 Å². The maximum atomic E-state index is 13.7. The van der Waals surface area contributed by atoms with Gasteiger partial charge in [-0.25, -0.2) is 8.78 Å². The molecule has 1 atom stereocenters. The fraction of sp³-hybridized carbons (Fsp3) is 0.538. The van der Waals surface area contributed by atoms with Crippen molar-refractivity contribution in [1.29, 1.82) is 0 Å². The minimum atomic E-state index is -0.552. The Morgan fingerprint density at radius 2 is 1.94 bits per heavy atom. The number of hydrogen-bond acceptors (Lipinski definition) is 3. The molecule has 0 aliphatic rings. The third-order valence-corrected chi connectivity index (χ3v) is 2.95. The van der Waals surface area contributed by atoms with Crippen LogP contribution in [-0.2, 0) is 4.74 Å². The molecule has 0 spiro atoms. The molecule has 0 radical (unpaired) electrons. The lowest BCUT2D eigenvalue weighted by atomic mass is 10.0. The van der Waals surface area contributed by atoms with Gasteiger partial charge in [0.2, 0.25) is 0 Å². The summed E-state index contributed by atoms with van der Waals surface area (Å²) in [4.78, 5) is 1.85. The Morgan fingerprint density at radius 3 is 2.44 bits per heavy atom. The Labute approximate surface area is 107 Å². The van der Waals surface area contributed by atoms with E-state index in [4.69, 9.17) is 10.5 Å². The Morgan fingerprint density at radius 1 is 1.33 bits per heavy atom. The van der Waals surface area contributed by atoms with E-state index in [0.717, 1.165) is 6.42 Å². The fourth-order valence-electron chi connectivity index (χ4n) is 1.96. The normalized spacial score (nSPS) is 13.0. The van der Waals surface area contributed by atoms with Crippen LogP contribution in [0.2, 0.25) is 0 Å². The second-order valence-corrected chi connectivity index (χ2v) is 4.21. The Kier molecular flexibility index (Phi) is 6.18. The molecule has 5 heteroatoms. The molecular weight excluding hydrogens is 238 g/mol. The number of rotatable bonds is 7. The van der Waals surface area contributed by atoms with E-state index in [2.05, 4.69) is 0 Å². The molecule has 3 nitrogen and oxygen atoms in total. The highest BCUT2D eigenvalue weighted by molar-refractivity contribution is 5.23. The van der Waals surface area contributed by atoms with Gasteiger partial charge < -0.3 is 10.5 Å². The van der Waals surface area contributed by atoms with Crippen molar-refractivity contribution < 1.29 is 13.5 Å². The first kappa shape index (κ1) is 15.0. The van der Waals surface area contributed by atoms with Crippen LogP contribution < -0.4 is 5.73 Å². The van der Waals surface area contributed by atoms with Gasteiger partial charge in [-0.1, -0.05) is 6.07 Å². The fourth-order valence-corrected chi connectivity index (χ4v) is 1.96. The van der Waals surface area contributed by atoms with Crippen molar-refractivity contribution in [3.05, 3.63) is 35.4 Å². The molecule has 0 aliphatic carbocycles. The number of methoxy groups -OCH3 is 1. The summed E-state index contributed by atoms with van der Waals surface area (Å²) in [6.45, 7) is 1.45. The van der Waals surface area contributed by atoms with Gasteiger partial charge in [-0.3, -0.25) is 4.90 Å². The van der Waals surface area contributed by atoms with Crippen molar-refractivity contribution in [3.8, 4) is 0 Å². The zero-order valence-corrected chi connectivity index (χ0v) is 10.8. The van der Waals surface area contributed by atoms with Gasteiger partial charge in [0, 0.05) is 32.4 Å². The first-order valence-corrected chi connectivity index (χ1v) is 5.95. The summed E-state index contributed by atoms with van der Waals surface area (Å²) >= 11 is 0. The molecule has 0 aliphatic heterocycles. The van der Waals surface area contributed by atoms with Gasteiger partial charge in [0.15, 0.2) is 0 Å². The lowest BCUT2D eigenvalue weighted by Crippen LogP contribution is -2.33. The van der Waals surface area contributed by atoms with Crippen molar-refractivity contribution in [3.63, 3.8) is 0 Å². The summed E-state index contributed by atoms with van der Waals surface area (Å²) in [5.74, 6) is -1.10. The molecule has 1 rings (SSSR count). The highest BCUT2D eigenvalue weighted by Crippen LogP contribution is 2.24. The molecule has 1 aromatic rings. The van der Waals surface area contributed by atoms with Crippen LogP contribution in [-0.4, -0.2) is 38.8 Å². The molecule has 1 aromatic carbocycles. The molecule has 0 aromatic heterocycles. The van der Waals surface area contributed by atoms with E-state index >= 15 is 0 Å². The molecule has 2 N–H and O–H groups in total. The predicted octanol–water partition coefficient (Wildman–Crippen LogP) is 1.93. The minimum Gasteiger partial charge on any atom is -0.385 e. The molecule has 0 bridgehead atoms. The first-order chi connectivity index (χ1) is 8.61. The van der Waals surface area contributed by atoms with E-state index in [1.165, 1.54) is 18.2 Å². The van der Waals surface area contributed by atoms with E-state index in [-0.39, 0.29) is 12.1 Å². The molecule has 102 valence electrons. The zero-order chi connectivity index (χ0) is 13.5. The third kappa shape index (κ3) is 3.73. The second-order valence-electron chi connectivity index (χ2n) is 4.21. The highest BCUT2D eigenvalue weighted by Gasteiger charge is 2.22. The number of nitrogens with two attached hydrogens (primary N) is 1. The van der Waals surface area contributed by atoms with Crippen LogP contribution >= 0.6 is 0 Å². The number of likely N-dealkylation sites (N-methyl/N-ethyl adjacent to an activating group) is 1. The predicted molar refractivity (Wildman–Crippen MR) is 67.3 cm³/mol. The number of nitrogens with zero attached hydrogens (tertiary/aromatic N) is 1. The number of halogens is 2. The summed E-state index contributed by atoms with van der Waals surface area (Å²) < 4.78 is 32.3. The monoisotopic (exact) mass is 258 g/mol. The summed E-state index contributed by atoms with van der Waals surface area (Å²) in [7, 11) is 3.43. The van der Waals surface area contributed by atoms with Gasteiger partial charge in [0.25, 0.3) is 0 Å². The molecule has 0 fully saturated rings. The number of ether oxygens (including phenoxy) is 1. The maximum absolute atomic E-state index is 13.7. The van der Waals surface area contributed by atoms with Crippen LogP contribution in [0.5, 0.6) is 0 Å². The van der Waals surface area contributed by atoms with Crippen molar-refractivity contribution in [2.75, 3.05) is 33.9 Å². The molecule has 0 amide bonds. The van der Waals surface area contributed by atoms with Crippen LogP contribution in [0, 0.1) is 11.6 Å². The topological polar surface area (TPSA) is 38.5 Å². The second kappa shape index (κ2) is 7.41. The van der Waals surface area contributed by atoms with Crippen molar-refractivity contribution in [2.45, 2.75) is 12.5 Å². The van der Waals surface area contributed by atoms with Crippen LogP contribution in [0.4, 0.5) is 8.78 Å². The first-order valence-electron chi connectivity index (χ1n) is 5.95. The van der Waals surface area contributed by atoms with Crippen molar-refractivity contribution >= 4 is 0 Å². The molecule has 0 saturated heterocycles. The minimum absolute atomic E-state index is 0.0416.